The summed E-state index contributed by atoms with van der Waals surface area (Å²) < 4.78 is 0. The molecule has 0 aromatic carbocycles. The van der Waals surface area contributed by atoms with Gasteiger partial charge in [0, 0.05) is 19.0 Å². The van der Waals surface area contributed by atoms with Gasteiger partial charge in [-0.3, -0.25) is 4.79 Å². The molecule has 0 spiro atoms. The molecule has 1 aliphatic heterocycles. The normalized spacial score (nSPS) is 19.1. The summed E-state index contributed by atoms with van der Waals surface area (Å²) >= 11 is 0. The van der Waals surface area contributed by atoms with Crippen molar-refractivity contribution in [1.82, 2.24) is 10.2 Å². The first-order valence-corrected chi connectivity index (χ1v) is 3.58. The van der Waals surface area contributed by atoms with Gasteiger partial charge in [-0.25, -0.2) is 0 Å². The molecule has 1 N–H and O–H groups in total. The molecule has 58 valence electrons. The molecule has 0 aliphatic carbocycles. The van der Waals surface area contributed by atoms with E-state index in [0.29, 0.717) is 18.2 Å². The van der Waals surface area contributed by atoms with Crippen molar-refractivity contribution < 1.29 is 4.79 Å². The summed E-state index contributed by atoms with van der Waals surface area (Å²) in [6.07, 6.45) is 0. The number of hydrogen-bond acceptors (Lipinski definition) is 3. The molecule has 1 saturated heterocycles. The highest BCUT2D eigenvalue weighted by Crippen LogP contribution is 2.03. The second-order valence-corrected chi connectivity index (χ2v) is 3.06. The van der Waals surface area contributed by atoms with Crippen LogP contribution in [0, 0.1) is 5.92 Å². The second kappa shape index (κ2) is 3.12. The Hall–Kier alpha value is -0.410. The smallest absolute Gasteiger partial charge is 0.152 e. The van der Waals surface area contributed by atoms with Crippen LogP contribution < -0.4 is 5.32 Å². The standard InChI is InChI=1S/C7H14N2O/c1-9(2)5-7(10)6-3-8-4-6/h6,8H,3-5H2,1-2H3. The molecule has 1 rings (SSSR count). The van der Waals surface area contributed by atoms with Gasteiger partial charge in [0.1, 0.15) is 0 Å². The summed E-state index contributed by atoms with van der Waals surface area (Å²) in [4.78, 5) is 13.1. The van der Waals surface area contributed by atoms with Gasteiger partial charge in [0.15, 0.2) is 5.78 Å². The van der Waals surface area contributed by atoms with Crippen LogP contribution in [0.2, 0.25) is 0 Å². The molecule has 0 aromatic rings. The van der Waals surface area contributed by atoms with Crippen molar-refractivity contribution in [1.29, 1.82) is 0 Å². The largest absolute Gasteiger partial charge is 0.315 e. The fourth-order valence-electron chi connectivity index (χ4n) is 0.957. The van der Waals surface area contributed by atoms with E-state index in [-0.39, 0.29) is 0 Å². The van der Waals surface area contributed by atoms with Crippen LogP contribution in [0.25, 0.3) is 0 Å². The number of carbonyl (C=O) groups is 1. The molecule has 1 heterocycles. The van der Waals surface area contributed by atoms with Crippen molar-refractivity contribution in [2.45, 2.75) is 0 Å². The van der Waals surface area contributed by atoms with Crippen LogP contribution in [-0.4, -0.2) is 44.4 Å². The number of hydrogen-bond donors (Lipinski definition) is 1. The van der Waals surface area contributed by atoms with Crippen LogP contribution in [0.1, 0.15) is 0 Å². The minimum absolute atomic E-state index is 0.294. The number of rotatable bonds is 3. The van der Waals surface area contributed by atoms with Crippen molar-refractivity contribution in [3.63, 3.8) is 0 Å². The monoisotopic (exact) mass is 142 g/mol. The van der Waals surface area contributed by atoms with Crippen LogP contribution in [0.15, 0.2) is 0 Å². The zero-order valence-electron chi connectivity index (χ0n) is 6.55. The first kappa shape index (κ1) is 7.69. The van der Waals surface area contributed by atoms with Gasteiger partial charge in [0.05, 0.1) is 6.54 Å². The lowest BCUT2D eigenvalue weighted by Crippen LogP contribution is -2.48. The maximum absolute atomic E-state index is 11.2. The van der Waals surface area contributed by atoms with E-state index in [1.165, 1.54) is 0 Å². The zero-order chi connectivity index (χ0) is 7.56. The lowest BCUT2D eigenvalue weighted by atomic mass is 9.98. The van der Waals surface area contributed by atoms with E-state index in [4.69, 9.17) is 0 Å². The number of nitrogens with one attached hydrogen (secondary N) is 1. The van der Waals surface area contributed by atoms with Gasteiger partial charge in [-0.05, 0) is 14.1 Å². The maximum Gasteiger partial charge on any atom is 0.152 e. The molecule has 0 saturated carbocycles. The molecule has 0 unspecified atom stereocenters. The highest BCUT2D eigenvalue weighted by Gasteiger charge is 2.24. The highest BCUT2D eigenvalue weighted by molar-refractivity contribution is 5.84. The third kappa shape index (κ3) is 1.78. The molecule has 3 nitrogen and oxygen atoms in total. The Balaban J connectivity index is 2.20. The van der Waals surface area contributed by atoms with Crippen molar-refractivity contribution in [2.75, 3.05) is 33.7 Å². The first-order chi connectivity index (χ1) is 4.70. The quantitative estimate of drug-likeness (QED) is 0.567. The summed E-state index contributed by atoms with van der Waals surface area (Å²) in [7, 11) is 3.84. The van der Waals surface area contributed by atoms with Crippen LogP contribution >= 0.6 is 0 Å². The lowest BCUT2D eigenvalue weighted by Gasteiger charge is -2.26. The first-order valence-electron chi connectivity index (χ1n) is 3.58. The van der Waals surface area contributed by atoms with E-state index in [1.807, 2.05) is 19.0 Å². The van der Waals surface area contributed by atoms with E-state index in [2.05, 4.69) is 5.32 Å². The molecule has 1 fully saturated rings. The highest BCUT2D eigenvalue weighted by atomic mass is 16.1. The van der Waals surface area contributed by atoms with E-state index >= 15 is 0 Å². The molecule has 1 aliphatic rings. The number of Topliss-reactive ketones (excluding diaryl/α,β-unsaturated/α-hetero) is 1. The summed E-state index contributed by atoms with van der Waals surface area (Å²) in [6.45, 7) is 2.35. The Morgan fingerprint density at radius 3 is 2.50 bits per heavy atom. The molecule has 0 amide bonds. The summed E-state index contributed by atoms with van der Waals surface area (Å²) in [5.74, 6) is 0.658. The van der Waals surface area contributed by atoms with E-state index < -0.39 is 0 Å². The van der Waals surface area contributed by atoms with Crippen molar-refractivity contribution in [3.8, 4) is 0 Å². The molecule has 3 heteroatoms. The van der Waals surface area contributed by atoms with Gasteiger partial charge in [-0.15, -0.1) is 0 Å². The number of likely N-dealkylation sites (N-methyl/N-ethyl adjacent to an activating group) is 1. The Morgan fingerprint density at radius 2 is 2.20 bits per heavy atom. The molecule has 0 atom stereocenters. The molecular weight excluding hydrogens is 128 g/mol. The molecule has 0 radical (unpaired) electrons. The minimum Gasteiger partial charge on any atom is -0.315 e. The topological polar surface area (TPSA) is 32.3 Å². The Bertz CT molecular complexity index is 130. The van der Waals surface area contributed by atoms with Gasteiger partial charge in [0.25, 0.3) is 0 Å². The van der Waals surface area contributed by atoms with E-state index in [0.717, 1.165) is 13.1 Å². The average Bonchev–Trinajstić information content (AvgIpc) is 1.55. The molecule has 0 aromatic heterocycles. The van der Waals surface area contributed by atoms with Gasteiger partial charge < -0.3 is 10.2 Å². The summed E-state index contributed by atoms with van der Waals surface area (Å²) in [5, 5.41) is 3.08. The fourth-order valence-corrected chi connectivity index (χ4v) is 0.957. The predicted molar refractivity (Wildman–Crippen MR) is 39.9 cm³/mol. The van der Waals surface area contributed by atoms with Gasteiger partial charge in [-0.2, -0.15) is 0 Å². The van der Waals surface area contributed by atoms with Gasteiger partial charge in [0.2, 0.25) is 0 Å². The summed E-state index contributed by atoms with van der Waals surface area (Å²) in [6, 6.07) is 0. The van der Waals surface area contributed by atoms with Crippen LogP contribution in [0.3, 0.4) is 0 Å². The average molecular weight is 142 g/mol. The Morgan fingerprint density at radius 1 is 1.60 bits per heavy atom. The van der Waals surface area contributed by atoms with Crippen molar-refractivity contribution in [2.24, 2.45) is 5.92 Å². The molecule has 10 heavy (non-hydrogen) atoms. The fraction of sp³-hybridized carbons (Fsp3) is 0.857. The van der Waals surface area contributed by atoms with Crippen LogP contribution in [-0.2, 0) is 4.79 Å². The predicted octanol–water partition coefficient (Wildman–Crippen LogP) is -0.663. The third-order valence-corrected chi connectivity index (χ3v) is 1.71. The van der Waals surface area contributed by atoms with Crippen LogP contribution in [0.4, 0.5) is 0 Å². The summed E-state index contributed by atoms with van der Waals surface area (Å²) in [5.41, 5.74) is 0. The van der Waals surface area contributed by atoms with E-state index in [9.17, 15) is 4.79 Å². The Kier molecular flexibility index (Phi) is 2.40. The zero-order valence-corrected chi connectivity index (χ0v) is 6.55. The molecule has 0 bridgehead atoms. The number of carbonyl (C=O) groups excluding carboxylic acids is 1. The second-order valence-electron chi connectivity index (χ2n) is 3.06. The minimum atomic E-state index is 0.294. The SMILES string of the molecule is CN(C)CC(=O)C1CNC1. The number of ketones is 1. The van der Waals surface area contributed by atoms with E-state index in [1.54, 1.807) is 0 Å². The maximum atomic E-state index is 11.2. The van der Waals surface area contributed by atoms with Crippen molar-refractivity contribution >= 4 is 5.78 Å². The van der Waals surface area contributed by atoms with Gasteiger partial charge >= 0.3 is 0 Å². The lowest BCUT2D eigenvalue weighted by molar-refractivity contribution is -0.124. The Labute approximate surface area is 61.4 Å². The molecular formula is C7H14N2O. The van der Waals surface area contributed by atoms with Crippen LogP contribution in [0.5, 0.6) is 0 Å². The third-order valence-electron chi connectivity index (χ3n) is 1.71. The van der Waals surface area contributed by atoms with Crippen molar-refractivity contribution in [3.05, 3.63) is 0 Å². The van der Waals surface area contributed by atoms with Gasteiger partial charge in [-0.1, -0.05) is 0 Å². The number of nitrogens with zero attached hydrogens (tertiary/aromatic N) is 1.